The maximum absolute atomic E-state index is 11.9. The molecule has 9 heteroatoms. The normalized spacial score (nSPS) is 11.8. The van der Waals surface area contributed by atoms with Gasteiger partial charge in [0.15, 0.2) is 0 Å². The van der Waals surface area contributed by atoms with Gasteiger partial charge >= 0.3 is 0 Å². The molecule has 0 amide bonds. The number of nitrogens with zero attached hydrogens (tertiary/aromatic N) is 5. The molecule has 2 heterocycles. The van der Waals surface area contributed by atoms with Crippen LogP contribution in [0.5, 0.6) is 0 Å². The van der Waals surface area contributed by atoms with Crippen LogP contribution in [0.3, 0.4) is 0 Å². The van der Waals surface area contributed by atoms with Crippen molar-refractivity contribution in [1.82, 2.24) is 24.3 Å². The van der Waals surface area contributed by atoms with Crippen molar-refractivity contribution in [1.29, 1.82) is 0 Å². The zero-order chi connectivity index (χ0) is 14.6. The van der Waals surface area contributed by atoms with Crippen LogP contribution in [-0.4, -0.2) is 53.3 Å². The second-order valence-corrected chi connectivity index (χ2v) is 6.41. The van der Waals surface area contributed by atoms with E-state index in [1.165, 1.54) is 26.4 Å². The number of hydrogen-bond donors (Lipinski definition) is 1. The third kappa shape index (κ3) is 3.31. The minimum absolute atomic E-state index is 0.171. The molecule has 108 valence electrons. The van der Waals surface area contributed by atoms with E-state index in [4.69, 9.17) is 0 Å². The molecule has 8 nitrogen and oxygen atoms in total. The number of pyridine rings is 1. The summed E-state index contributed by atoms with van der Waals surface area (Å²) in [7, 11) is -0.457. The van der Waals surface area contributed by atoms with Gasteiger partial charge in [-0.05, 0) is 12.1 Å². The van der Waals surface area contributed by atoms with Crippen LogP contribution in [0.25, 0.3) is 0 Å². The zero-order valence-corrected chi connectivity index (χ0v) is 12.1. The molecule has 0 aliphatic heterocycles. The van der Waals surface area contributed by atoms with Crippen molar-refractivity contribution in [2.75, 3.05) is 26.0 Å². The topological polar surface area (TPSA) is 93.0 Å². The summed E-state index contributed by atoms with van der Waals surface area (Å²) in [5.74, 6) is 0.614. The van der Waals surface area contributed by atoms with Gasteiger partial charge in [-0.1, -0.05) is 5.21 Å². The van der Waals surface area contributed by atoms with Crippen LogP contribution < -0.4 is 5.32 Å². The fourth-order valence-electron chi connectivity index (χ4n) is 1.50. The Bertz CT molecular complexity index is 636. The lowest BCUT2D eigenvalue weighted by Gasteiger charge is -2.11. The van der Waals surface area contributed by atoms with Crippen molar-refractivity contribution in [3.8, 4) is 0 Å². The van der Waals surface area contributed by atoms with Crippen LogP contribution in [0.15, 0.2) is 35.6 Å². The Labute approximate surface area is 117 Å². The molecular formula is C11H16N6O2S. The Balaban J connectivity index is 1.95. The van der Waals surface area contributed by atoms with Gasteiger partial charge in [-0.25, -0.2) is 17.7 Å². The van der Waals surface area contributed by atoms with Crippen molar-refractivity contribution in [3.63, 3.8) is 0 Å². The number of aromatic nitrogens is 4. The Kier molecular flexibility index (Phi) is 4.30. The standard InChI is InChI=1S/C11H16N6O2S/c1-16(2)20(18,19)10-3-4-11(13-9-10)12-5-7-17-8-6-14-15-17/h3-4,6,8-9H,5,7H2,1-2H3,(H,12,13). The molecule has 0 spiro atoms. The lowest BCUT2D eigenvalue weighted by atomic mass is 10.4. The van der Waals surface area contributed by atoms with E-state index in [2.05, 4.69) is 20.6 Å². The SMILES string of the molecule is CN(C)S(=O)(=O)c1ccc(NCCn2ccnn2)nc1. The van der Waals surface area contributed by atoms with Crippen molar-refractivity contribution in [2.45, 2.75) is 11.4 Å². The van der Waals surface area contributed by atoms with Crippen molar-refractivity contribution in [2.24, 2.45) is 0 Å². The van der Waals surface area contributed by atoms with Gasteiger partial charge in [0.2, 0.25) is 10.0 Å². The summed E-state index contributed by atoms with van der Waals surface area (Å²) in [6.07, 6.45) is 4.72. The van der Waals surface area contributed by atoms with Gasteiger partial charge in [0, 0.05) is 33.0 Å². The van der Waals surface area contributed by atoms with Gasteiger partial charge in [0.05, 0.1) is 12.7 Å². The number of sulfonamides is 1. The van der Waals surface area contributed by atoms with E-state index in [9.17, 15) is 8.42 Å². The van der Waals surface area contributed by atoms with Crippen LogP contribution in [0.1, 0.15) is 0 Å². The van der Waals surface area contributed by atoms with Crippen molar-refractivity contribution in [3.05, 3.63) is 30.7 Å². The number of anilines is 1. The van der Waals surface area contributed by atoms with Gasteiger partial charge in [-0.15, -0.1) is 5.10 Å². The van der Waals surface area contributed by atoms with Crippen molar-refractivity contribution < 1.29 is 8.42 Å². The number of rotatable bonds is 6. The number of nitrogens with one attached hydrogen (secondary N) is 1. The molecule has 20 heavy (non-hydrogen) atoms. The Morgan fingerprint density at radius 1 is 1.35 bits per heavy atom. The molecule has 0 saturated heterocycles. The monoisotopic (exact) mass is 296 g/mol. The smallest absolute Gasteiger partial charge is 0.244 e. The zero-order valence-electron chi connectivity index (χ0n) is 11.3. The number of hydrogen-bond acceptors (Lipinski definition) is 6. The molecule has 0 bridgehead atoms. The quantitative estimate of drug-likeness (QED) is 0.809. The fraction of sp³-hybridized carbons (Fsp3) is 0.364. The van der Waals surface area contributed by atoms with Crippen LogP contribution in [0.4, 0.5) is 5.82 Å². The van der Waals surface area contributed by atoms with E-state index in [1.807, 2.05) is 0 Å². The molecule has 1 N–H and O–H groups in total. The highest BCUT2D eigenvalue weighted by molar-refractivity contribution is 7.89. The largest absolute Gasteiger partial charge is 0.368 e. The highest BCUT2D eigenvalue weighted by Crippen LogP contribution is 2.13. The fourth-order valence-corrected chi connectivity index (χ4v) is 2.35. The first kappa shape index (κ1) is 14.4. The maximum atomic E-state index is 11.9. The molecule has 0 unspecified atom stereocenters. The molecule has 0 fully saturated rings. The van der Waals surface area contributed by atoms with Crippen LogP contribution in [-0.2, 0) is 16.6 Å². The second kappa shape index (κ2) is 5.97. The van der Waals surface area contributed by atoms with Gasteiger partial charge in [0.25, 0.3) is 0 Å². The molecule has 0 saturated carbocycles. The second-order valence-electron chi connectivity index (χ2n) is 4.26. The summed E-state index contributed by atoms with van der Waals surface area (Å²) in [4.78, 5) is 4.25. The average Bonchev–Trinajstić information content (AvgIpc) is 2.92. The summed E-state index contributed by atoms with van der Waals surface area (Å²) in [6, 6.07) is 3.16. The van der Waals surface area contributed by atoms with E-state index in [0.29, 0.717) is 18.9 Å². The lowest BCUT2D eigenvalue weighted by molar-refractivity contribution is 0.520. The van der Waals surface area contributed by atoms with Gasteiger partial charge in [-0.3, -0.25) is 4.68 Å². The summed E-state index contributed by atoms with van der Waals surface area (Å²) < 4.78 is 26.6. The summed E-state index contributed by atoms with van der Waals surface area (Å²) in [5, 5.41) is 10.6. The maximum Gasteiger partial charge on any atom is 0.244 e. The third-order valence-electron chi connectivity index (χ3n) is 2.63. The molecular weight excluding hydrogens is 280 g/mol. The van der Waals surface area contributed by atoms with E-state index in [-0.39, 0.29) is 4.90 Å². The van der Waals surface area contributed by atoms with E-state index < -0.39 is 10.0 Å². The van der Waals surface area contributed by atoms with E-state index >= 15 is 0 Å². The predicted molar refractivity (Wildman–Crippen MR) is 73.6 cm³/mol. The molecule has 0 atom stereocenters. The van der Waals surface area contributed by atoms with Gasteiger partial charge in [-0.2, -0.15) is 0 Å². The van der Waals surface area contributed by atoms with Gasteiger partial charge in [0.1, 0.15) is 10.7 Å². The highest BCUT2D eigenvalue weighted by Gasteiger charge is 2.17. The lowest BCUT2D eigenvalue weighted by Crippen LogP contribution is -2.22. The Morgan fingerprint density at radius 3 is 2.70 bits per heavy atom. The molecule has 0 aliphatic carbocycles. The predicted octanol–water partition coefficient (Wildman–Crippen LogP) is 0.0355. The summed E-state index contributed by atoms with van der Waals surface area (Å²) in [6.45, 7) is 1.27. The molecule has 2 aromatic heterocycles. The Morgan fingerprint density at radius 2 is 2.15 bits per heavy atom. The van der Waals surface area contributed by atoms with Crippen LogP contribution in [0, 0.1) is 0 Å². The molecule has 0 aliphatic rings. The van der Waals surface area contributed by atoms with Crippen LogP contribution in [0.2, 0.25) is 0 Å². The van der Waals surface area contributed by atoms with E-state index in [1.54, 1.807) is 23.1 Å². The molecule has 2 aromatic rings. The van der Waals surface area contributed by atoms with Crippen molar-refractivity contribution >= 4 is 15.8 Å². The first-order valence-electron chi connectivity index (χ1n) is 5.97. The first-order valence-corrected chi connectivity index (χ1v) is 7.41. The van der Waals surface area contributed by atoms with E-state index in [0.717, 1.165) is 4.31 Å². The molecule has 0 radical (unpaired) electrons. The minimum atomic E-state index is -3.43. The Hall–Kier alpha value is -2.00. The summed E-state index contributed by atoms with van der Waals surface area (Å²) in [5.41, 5.74) is 0. The highest BCUT2D eigenvalue weighted by atomic mass is 32.2. The first-order chi connectivity index (χ1) is 9.50. The third-order valence-corrected chi connectivity index (χ3v) is 4.43. The molecule has 2 rings (SSSR count). The van der Waals surface area contributed by atoms with Gasteiger partial charge < -0.3 is 5.32 Å². The minimum Gasteiger partial charge on any atom is -0.368 e. The summed E-state index contributed by atoms with van der Waals surface area (Å²) >= 11 is 0. The van der Waals surface area contributed by atoms with Crippen LogP contribution >= 0.6 is 0 Å². The average molecular weight is 296 g/mol. The molecule has 0 aromatic carbocycles.